The van der Waals surface area contributed by atoms with Crippen molar-refractivity contribution in [2.45, 2.75) is 32.0 Å². The lowest BCUT2D eigenvalue weighted by Crippen LogP contribution is -2.14. The van der Waals surface area contributed by atoms with Gasteiger partial charge in [0.25, 0.3) is 0 Å². The summed E-state index contributed by atoms with van der Waals surface area (Å²) in [5.74, 6) is 3.63. The zero-order chi connectivity index (χ0) is 15.5. The molecule has 1 aliphatic rings. The molecule has 1 aliphatic heterocycles. The van der Waals surface area contributed by atoms with E-state index in [0.717, 1.165) is 47.3 Å². The molecule has 0 amide bonds. The summed E-state index contributed by atoms with van der Waals surface area (Å²) in [7, 11) is 1.68. The van der Waals surface area contributed by atoms with Crippen molar-refractivity contribution in [1.82, 2.24) is 14.8 Å². The lowest BCUT2D eigenvalue weighted by molar-refractivity contribution is 0.415. The average molecular weight is 318 g/mol. The summed E-state index contributed by atoms with van der Waals surface area (Å²) in [6.07, 6.45) is 1.20. The molecular formula is C16H22N4OS. The molecule has 3 rings (SSSR count). The van der Waals surface area contributed by atoms with Crippen LogP contribution >= 0.6 is 11.8 Å². The maximum Gasteiger partial charge on any atom is 0.232 e. The predicted octanol–water partition coefficient (Wildman–Crippen LogP) is 3.58. The molecule has 0 saturated heterocycles. The second-order valence-electron chi connectivity index (χ2n) is 5.81. The summed E-state index contributed by atoms with van der Waals surface area (Å²) in [6, 6.07) is 8.09. The van der Waals surface area contributed by atoms with Gasteiger partial charge in [0.15, 0.2) is 5.16 Å². The van der Waals surface area contributed by atoms with Crippen molar-refractivity contribution in [2.24, 2.45) is 5.92 Å². The first kappa shape index (κ1) is 15.2. The molecule has 118 valence electrons. The summed E-state index contributed by atoms with van der Waals surface area (Å²) in [5, 5.41) is 9.77. The quantitative estimate of drug-likeness (QED) is 0.762. The topological polar surface area (TPSA) is 43.2 Å². The van der Waals surface area contributed by atoms with Crippen LogP contribution in [0, 0.1) is 5.92 Å². The maximum absolute atomic E-state index is 5.21. The van der Waals surface area contributed by atoms with Crippen LogP contribution in [0.15, 0.2) is 29.4 Å². The Kier molecular flexibility index (Phi) is 4.57. The molecule has 0 saturated carbocycles. The van der Waals surface area contributed by atoms with Crippen LogP contribution in [0.25, 0.3) is 0 Å². The molecule has 0 radical (unpaired) electrons. The van der Waals surface area contributed by atoms with Gasteiger partial charge in [-0.3, -0.25) is 4.57 Å². The molecule has 0 spiro atoms. The first-order valence-corrected chi connectivity index (χ1v) is 8.65. The molecule has 1 aromatic heterocycles. The third-order valence-electron chi connectivity index (χ3n) is 3.80. The Hall–Kier alpha value is -1.69. The minimum atomic E-state index is 0.726. The van der Waals surface area contributed by atoms with E-state index in [2.05, 4.69) is 45.6 Å². The van der Waals surface area contributed by atoms with Gasteiger partial charge in [-0.15, -0.1) is 10.2 Å². The molecule has 5 nitrogen and oxygen atoms in total. The van der Waals surface area contributed by atoms with Crippen LogP contribution in [0.2, 0.25) is 0 Å². The summed E-state index contributed by atoms with van der Waals surface area (Å²) in [6.45, 7) is 6.38. The molecule has 0 atom stereocenters. The van der Waals surface area contributed by atoms with Gasteiger partial charge in [0.1, 0.15) is 5.75 Å². The van der Waals surface area contributed by atoms with Crippen molar-refractivity contribution < 1.29 is 4.74 Å². The van der Waals surface area contributed by atoms with Gasteiger partial charge < -0.3 is 9.64 Å². The van der Waals surface area contributed by atoms with Crippen LogP contribution in [-0.2, 0) is 6.54 Å². The van der Waals surface area contributed by atoms with Gasteiger partial charge in [-0.25, -0.2) is 0 Å². The third-order valence-corrected chi connectivity index (χ3v) is 4.80. The molecule has 0 unspecified atom stereocenters. The Bertz CT molecular complexity index is 624. The largest absolute Gasteiger partial charge is 0.497 e. The van der Waals surface area contributed by atoms with Crippen LogP contribution in [0.4, 0.5) is 11.6 Å². The number of ether oxygens (including phenoxy) is 1. The summed E-state index contributed by atoms with van der Waals surface area (Å²) >= 11 is 1.81. The van der Waals surface area contributed by atoms with Crippen LogP contribution < -0.4 is 9.64 Å². The SMILES string of the molecule is COc1ccc(N2CCn3c(SCCC(C)C)nnc32)cc1. The van der Waals surface area contributed by atoms with Crippen molar-refractivity contribution in [3.05, 3.63) is 24.3 Å². The highest BCUT2D eigenvalue weighted by Crippen LogP contribution is 2.33. The number of nitrogens with zero attached hydrogens (tertiary/aromatic N) is 4. The zero-order valence-electron chi connectivity index (χ0n) is 13.3. The Morgan fingerprint density at radius 1 is 1.18 bits per heavy atom. The number of hydrogen-bond donors (Lipinski definition) is 0. The van der Waals surface area contributed by atoms with E-state index in [4.69, 9.17) is 4.74 Å². The molecule has 22 heavy (non-hydrogen) atoms. The van der Waals surface area contributed by atoms with Gasteiger partial charge in [-0.05, 0) is 36.6 Å². The zero-order valence-corrected chi connectivity index (χ0v) is 14.1. The Morgan fingerprint density at radius 2 is 1.95 bits per heavy atom. The van der Waals surface area contributed by atoms with Crippen molar-refractivity contribution >= 4 is 23.4 Å². The van der Waals surface area contributed by atoms with E-state index in [1.54, 1.807) is 18.9 Å². The van der Waals surface area contributed by atoms with E-state index >= 15 is 0 Å². The van der Waals surface area contributed by atoms with E-state index in [0.29, 0.717) is 0 Å². The van der Waals surface area contributed by atoms with Gasteiger partial charge in [0.2, 0.25) is 5.95 Å². The Labute approximate surface area is 135 Å². The Morgan fingerprint density at radius 3 is 2.64 bits per heavy atom. The van der Waals surface area contributed by atoms with E-state index < -0.39 is 0 Å². The van der Waals surface area contributed by atoms with Crippen LogP contribution in [0.1, 0.15) is 20.3 Å². The second-order valence-corrected chi connectivity index (χ2v) is 6.88. The smallest absolute Gasteiger partial charge is 0.232 e. The summed E-state index contributed by atoms with van der Waals surface area (Å²) in [4.78, 5) is 2.21. The maximum atomic E-state index is 5.21. The number of rotatable bonds is 6. The number of hydrogen-bond acceptors (Lipinski definition) is 5. The number of aromatic nitrogens is 3. The summed E-state index contributed by atoms with van der Waals surface area (Å²) < 4.78 is 7.43. The van der Waals surface area contributed by atoms with Crippen molar-refractivity contribution in [1.29, 1.82) is 0 Å². The fourth-order valence-electron chi connectivity index (χ4n) is 2.48. The van der Waals surface area contributed by atoms with Crippen LogP contribution in [-0.4, -0.2) is 34.2 Å². The van der Waals surface area contributed by atoms with Gasteiger partial charge in [-0.1, -0.05) is 25.6 Å². The van der Waals surface area contributed by atoms with Crippen molar-refractivity contribution in [3.8, 4) is 5.75 Å². The molecule has 1 aromatic carbocycles. The van der Waals surface area contributed by atoms with Crippen LogP contribution in [0.5, 0.6) is 5.75 Å². The van der Waals surface area contributed by atoms with Gasteiger partial charge >= 0.3 is 0 Å². The highest BCUT2D eigenvalue weighted by molar-refractivity contribution is 7.99. The normalized spacial score (nSPS) is 13.7. The molecule has 2 heterocycles. The second kappa shape index (κ2) is 6.60. The number of methoxy groups -OCH3 is 1. The third kappa shape index (κ3) is 3.06. The first-order valence-electron chi connectivity index (χ1n) is 7.66. The van der Waals surface area contributed by atoms with Crippen molar-refractivity contribution in [2.75, 3.05) is 24.3 Å². The fraction of sp³-hybridized carbons (Fsp3) is 0.500. The number of fused-ring (bicyclic) bond motifs is 1. The minimum absolute atomic E-state index is 0.726. The Balaban J connectivity index is 1.73. The van der Waals surface area contributed by atoms with E-state index in [1.807, 2.05) is 12.1 Å². The van der Waals surface area contributed by atoms with Crippen molar-refractivity contribution in [3.63, 3.8) is 0 Å². The van der Waals surface area contributed by atoms with E-state index in [9.17, 15) is 0 Å². The summed E-state index contributed by atoms with van der Waals surface area (Å²) in [5.41, 5.74) is 1.13. The monoisotopic (exact) mass is 318 g/mol. The highest BCUT2D eigenvalue weighted by atomic mass is 32.2. The lowest BCUT2D eigenvalue weighted by Gasteiger charge is -2.15. The standard InChI is InChI=1S/C16H22N4OS/c1-12(2)8-11-22-16-18-17-15-19(9-10-20(15)16)13-4-6-14(21-3)7-5-13/h4-7,12H,8-11H2,1-3H3. The number of benzene rings is 1. The van der Waals surface area contributed by atoms with E-state index in [1.165, 1.54) is 6.42 Å². The molecule has 0 fully saturated rings. The average Bonchev–Trinajstić information content (AvgIpc) is 3.10. The van der Waals surface area contributed by atoms with Gasteiger partial charge in [0, 0.05) is 24.5 Å². The lowest BCUT2D eigenvalue weighted by atomic mass is 10.2. The molecule has 0 aliphatic carbocycles. The molecule has 0 N–H and O–H groups in total. The molecule has 2 aromatic rings. The van der Waals surface area contributed by atoms with Gasteiger partial charge in [-0.2, -0.15) is 0 Å². The molecular weight excluding hydrogens is 296 g/mol. The molecule has 0 bridgehead atoms. The van der Waals surface area contributed by atoms with Gasteiger partial charge in [0.05, 0.1) is 7.11 Å². The van der Waals surface area contributed by atoms with E-state index in [-0.39, 0.29) is 0 Å². The fourth-order valence-corrected chi connectivity index (χ4v) is 3.67. The number of anilines is 2. The predicted molar refractivity (Wildman–Crippen MR) is 90.2 cm³/mol. The number of thioether (sulfide) groups is 1. The minimum Gasteiger partial charge on any atom is -0.497 e. The highest BCUT2D eigenvalue weighted by Gasteiger charge is 2.25. The first-order chi connectivity index (χ1) is 10.7. The molecule has 6 heteroatoms. The van der Waals surface area contributed by atoms with Crippen LogP contribution in [0.3, 0.4) is 0 Å².